The third kappa shape index (κ3) is 3.93. The van der Waals surface area contributed by atoms with Gasteiger partial charge >= 0.3 is 0 Å². The summed E-state index contributed by atoms with van der Waals surface area (Å²) < 4.78 is 12.7. The van der Waals surface area contributed by atoms with Gasteiger partial charge in [-0.15, -0.1) is 0 Å². The number of fused-ring (bicyclic) bond motifs is 1. The molecule has 2 heterocycles. The first-order valence-electron chi connectivity index (χ1n) is 9.45. The Kier molecular flexibility index (Phi) is 5.44. The average Bonchev–Trinajstić information content (AvgIpc) is 3.22. The molecule has 6 nitrogen and oxygen atoms in total. The highest BCUT2D eigenvalue weighted by Gasteiger charge is 2.11. The van der Waals surface area contributed by atoms with E-state index in [-0.39, 0.29) is 0 Å². The van der Waals surface area contributed by atoms with Gasteiger partial charge in [0.1, 0.15) is 22.7 Å². The van der Waals surface area contributed by atoms with Gasteiger partial charge in [0.25, 0.3) is 0 Å². The molecule has 0 saturated carbocycles. The van der Waals surface area contributed by atoms with Crippen molar-refractivity contribution < 1.29 is 9.47 Å². The number of pyridine rings is 1. The van der Waals surface area contributed by atoms with Crippen molar-refractivity contribution in [2.75, 3.05) is 21.3 Å². The van der Waals surface area contributed by atoms with Gasteiger partial charge in [0.05, 0.1) is 20.4 Å². The van der Waals surface area contributed by atoms with Crippen molar-refractivity contribution in [1.82, 2.24) is 19.7 Å². The zero-order chi connectivity index (χ0) is 20.2. The summed E-state index contributed by atoms with van der Waals surface area (Å²) in [6.07, 6.45) is 5.74. The van der Waals surface area contributed by atoms with Crippen LogP contribution < -0.4 is 9.47 Å². The number of hydrogen-bond acceptors (Lipinski definition) is 5. The van der Waals surface area contributed by atoms with Crippen molar-refractivity contribution >= 4 is 10.9 Å². The summed E-state index contributed by atoms with van der Waals surface area (Å²) in [4.78, 5) is 6.75. The van der Waals surface area contributed by atoms with Crippen LogP contribution in [-0.4, -0.2) is 40.9 Å². The predicted octanol–water partition coefficient (Wildman–Crippen LogP) is 4.07. The number of ether oxygens (including phenoxy) is 2. The largest absolute Gasteiger partial charge is 0.494 e. The summed E-state index contributed by atoms with van der Waals surface area (Å²) in [5.74, 6) is 1.60. The van der Waals surface area contributed by atoms with Crippen molar-refractivity contribution in [2.45, 2.75) is 13.1 Å². The molecular formula is C23H24N4O2. The van der Waals surface area contributed by atoms with Crippen LogP contribution in [0.2, 0.25) is 0 Å². The number of benzene rings is 2. The minimum absolute atomic E-state index is 0.781. The molecule has 0 atom stereocenters. The van der Waals surface area contributed by atoms with E-state index in [4.69, 9.17) is 9.47 Å². The summed E-state index contributed by atoms with van der Waals surface area (Å²) in [7, 11) is 5.45. The lowest BCUT2D eigenvalue weighted by Crippen LogP contribution is -2.17. The van der Waals surface area contributed by atoms with E-state index in [0.29, 0.717) is 0 Å². The van der Waals surface area contributed by atoms with E-state index in [1.165, 1.54) is 5.56 Å². The SMILES string of the molecule is COc1ccccc1-n1cc(CN(C)Cc2ccc(OC)c3ncccc23)cn1. The molecule has 2 aromatic carbocycles. The highest BCUT2D eigenvalue weighted by Crippen LogP contribution is 2.27. The number of aromatic nitrogens is 3. The summed E-state index contributed by atoms with van der Waals surface area (Å²) in [6, 6.07) is 16.0. The van der Waals surface area contributed by atoms with Gasteiger partial charge in [0.15, 0.2) is 0 Å². The van der Waals surface area contributed by atoms with Crippen molar-refractivity contribution in [3.63, 3.8) is 0 Å². The van der Waals surface area contributed by atoms with Crippen LogP contribution in [0.15, 0.2) is 67.1 Å². The monoisotopic (exact) mass is 388 g/mol. The first kappa shape index (κ1) is 19.0. The maximum Gasteiger partial charge on any atom is 0.145 e. The summed E-state index contributed by atoms with van der Waals surface area (Å²) in [5.41, 5.74) is 4.17. The predicted molar refractivity (Wildman–Crippen MR) is 114 cm³/mol. The number of hydrogen-bond donors (Lipinski definition) is 0. The molecule has 0 unspecified atom stereocenters. The molecule has 0 saturated heterocycles. The number of methoxy groups -OCH3 is 2. The van der Waals surface area contributed by atoms with Gasteiger partial charge < -0.3 is 9.47 Å². The van der Waals surface area contributed by atoms with Crippen LogP contribution in [0, 0.1) is 0 Å². The van der Waals surface area contributed by atoms with Gasteiger partial charge in [-0.3, -0.25) is 9.88 Å². The molecule has 0 aliphatic rings. The minimum atomic E-state index is 0.781. The van der Waals surface area contributed by atoms with E-state index < -0.39 is 0 Å². The van der Waals surface area contributed by atoms with E-state index in [9.17, 15) is 0 Å². The Hall–Kier alpha value is -3.38. The Morgan fingerprint density at radius 3 is 2.59 bits per heavy atom. The van der Waals surface area contributed by atoms with Gasteiger partial charge in [-0.2, -0.15) is 5.10 Å². The standard InChI is InChI=1S/C23H24N4O2/c1-26(16-18-10-11-22(29-3)23-19(18)7-6-12-24-23)14-17-13-25-27(15-17)20-8-4-5-9-21(20)28-2/h4-13,15H,14,16H2,1-3H3. The molecule has 0 bridgehead atoms. The van der Waals surface area contributed by atoms with E-state index in [1.807, 2.05) is 53.5 Å². The molecule has 148 valence electrons. The molecule has 0 aliphatic heterocycles. The third-order valence-electron chi connectivity index (χ3n) is 4.90. The van der Waals surface area contributed by atoms with Crippen LogP contribution in [0.25, 0.3) is 16.6 Å². The lowest BCUT2D eigenvalue weighted by Gasteiger charge is -2.17. The van der Waals surface area contributed by atoms with Gasteiger partial charge in [0.2, 0.25) is 0 Å². The molecule has 0 spiro atoms. The minimum Gasteiger partial charge on any atom is -0.494 e. The Morgan fingerprint density at radius 1 is 0.931 bits per heavy atom. The topological polar surface area (TPSA) is 52.4 Å². The lowest BCUT2D eigenvalue weighted by atomic mass is 10.1. The zero-order valence-electron chi connectivity index (χ0n) is 16.9. The van der Waals surface area contributed by atoms with Crippen LogP contribution in [0.5, 0.6) is 11.5 Å². The lowest BCUT2D eigenvalue weighted by molar-refractivity contribution is 0.320. The maximum atomic E-state index is 5.45. The molecule has 2 aromatic heterocycles. The van der Waals surface area contributed by atoms with Gasteiger partial charge in [-0.1, -0.05) is 24.3 Å². The molecule has 0 N–H and O–H groups in total. The van der Waals surface area contributed by atoms with Gasteiger partial charge in [0, 0.05) is 36.4 Å². The van der Waals surface area contributed by atoms with Gasteiger partial charge in [-0.25, -0.2) is 4.68 Å². The Morgan fingerprint density at radius 2 is 1.76 bits per heavy atom. The highest BCUT2D eigenvalue weighted by molar-refractivity contribution is 5.87. The van der Waals surface area contributed by atoms with E-state index >= 15 is 0 Å². The quantitative estimate of drug-likeness (QED) is 0.478. The fourth-order valence-electron chi connectivity index (χ4n) is 3.56. The fourth-order valence-corrected chi connectivity index (χ4v) is 3.56. The average molecular weight is 388 g/mol. The smallest absolute Gasteiger partial charge is 0.145 e. The Labute approximate surface area is 170 Å². The normalized spacial score (nSPS) is 11.2. The molecule has 4 rings (SSSR count). The second-order valence-corrected chi connectivity index (χ2v) is 6.96. The molecule has 0 fully saturated rings. The van der Waals surface area contributed by atoms with E-state index in [1.54, 1.807) is 20.4 Å². The first-order chi connectivity index (χ1) is 14.2. The Balaban J connectivity index is 1.52. The summed E-state index contributed by atoms with van der Waals surface area (Å²) in [6.45, 7) is 1.58. The van der Waals surface area contributed by atoms with Crippen LogP contribution in [0.3, 0.4) is 0 Å². The van der Waals surface area contributed by atoms with Crippen LogP contribution >= 0.6 is 0 Å². The van der Waals surface area contributed by atoms with Crippen molar-refractivity contribution in [3.8, 4) is 17.2 Å². The first-order valence-corrected chi connectivity index (χ1v) is 9.45. The molecule has 4 aromatic rings. The van der Waals surface area contributed by atoms with Crippen LogP contribution in [0.1, 0.15) is 11.1 Å². The number of para-hydroxylation sites is 2. The summed E-state index contributed by atoms with van der Waals surface area (Å²) >= 11 is 0. The molecule has 29 heavy (non-hydrogen) atoms. The fraction of sp³-hybridized carbons (Fsp3) is 0.217. The van der Waals surface area contributed by atoms with E-state index in [2.05, 4.69) is 34.2 Å². The van der Waals surface area contributed by atoms with Crippen molar-refractivity contribution in [1.29, 1.82) is 0 Å². The van der Waals surface area contributed by atoms with Crippen molar-refractivity contribution in [2.24, 2.45) is 0 Å². The second kappa shape index (κ2) is 8.32. The molecule has 0 amide bonds. The van der Waals surface area contributed by atoms with E-state index in [0.717, 1.165) is 46.7 Å². The number of rotatable bonds is 7. The maximum absolute atomic E-state index is 5.45. The number of nitrogens with zero attached hydrogens (tertiary/aromatic N) is 4. The Bertz CT molecular complexity index is 1120. The second-order valence-electron chi connectivity index (χ2n) is 6.96. The van der Waals surface area contributed by atoms with Crippen LogP contribution in [0.4, 0.5) is 0 Å². The zero-order valence-corrected chi connectivity index (χ0v) is 16.9. The van der Waals surface area contributed by atoms with Crippen molar-refractivity contribution in [3.05, 3.63) is 78.2 Å². The molecule has 0 aliphatic carbocycles. The third-order valence-corrected chi connectivity index (χ3v) is 4.90. The molecule has 6 heteroatoms. The summed E-state index contributed by atoms with van der Waals surface area (Å²) in [5, 5.41) is 5.63. The van der Waals surface area contributed by atoms with Gasteiger partial charge in [-0.05, 0) is 36.9 Å². The van der Waals surface area contributed by atoms with Crippen LogP contribution in [-0.2, 0) is 13.1 Å². The highest BCUT2D eigenvalue weighted by atomic mass is 16.5. The molecular weight excluding hydrogens is 364 g/mol. The molecule has 0 radical (unpaired) electrons.